The molecule has 6 nitrogen and oxygen atoms in total. The largest absolute Gasteiger partial charge is 0.481 e. The standard InChI is InChI=1S/C22H24N2O4S2/c25-21(26)14-7-2-1-4-9-17-10-8-13-19(15-17)30(27,28)24-20-16-29-23-22(20)18-11-5-3-6-12-18/h3,5-6,8,10-13,15-16,24H,1-2,4,7,9,14H2,(H,25,26). The molecule has 0 amide bonds. The Morgan fingerprint density at radius 2 is 1.77 bits per heavy atom. The Kier molecular flexibility index (Phi) is 7.59. The zero-order chi connectivity index (χ0) is 21.4. The van der Waals surface area contributed by atoms with E-state index in [1.807, 2.05) is 36.4 Å². The predicted octanol–water partition coefficient (Wildman–Crippen LogP) is 5.19. The van der Waals surface area contributed by atoms with Crippen LogP contribution in [0.25, 0.3) is 11.3 Å². The van der Waals surface area contributed by atoms with E-state index in [9.17, 15) is 13.2 Å². The number of hydrogen-bond acceptors (Lipinski definition) is 5. The predicted molar refractivity (Wildman–Crippen MR) is 119 cm³/mol. The average molecular weight is 445 g/mol. The van der Waals surface area contributed by atoms with E-state index in [2.05, 4.69) is 9.10 Å². The lowest BCUT2D eigenvalue weighted by molar-refractivity contribution is -0.137. The summed E-state index contributed by atoms with van der Waals surface area (Å²) >= 11 is 1.21. The fraction of sp³-hybridized carbons (Fsp3) is 0.273. The van der Waals surface area contributed by atoms with Gasteiger partial charge in [0.25, 0.3) is 10.0 Å². The molecule has 3 rings (SSSR count). The smallest absolute Gasteiger partial charge is 0.303 e. The number of carboxylic acids is 1. The summed E-state index contributed by atoms with van der Waals surface area (Å²) in [5, 5.41) is 10.4. The molecule has 0 saturated carbocycles. The quantitative estimate of drug-likeness (QED) is 0.397. The summed E-state index contributed by atoms with van der Waals surface area (Å²) in [6, 6.07) is 16.4. The van der Waals surface area contributed by atoms with Crippen molar-refractivity contribution in [2.75, 3.05) is 4.72 Å². The van der Waals surface area contributed by atoms with Gasteiger partial charge in [0.05, 0.1) is 10.6 Å². The van der Waals surface area contributed by atoms with Crippen LogP contribution in [-0.2, 0) is 21.2 Å². The van der Waals surface area contributed by atoms with E-state index in [0.29, 0.717) is 17.8 Å². The number of carboxylic acid groups (broad SMARTS) is 1. The monoisotopic (exact) mass is 444 g/mol. The minimum absolute atomic E-state index is 0.196. The van der Waals surface area contributed by atoms with Gasteiger partial charge in [-0.1, -0.05) is 55.3 Å². The highest BCUT2D eigenvalue weighted by molar-refractivity contribution is 7.92. The van der Waals surface area contributed by atoms with E-state index in [-0.39, 0.29) is 11.3 Å². The molecule has 1 heterocycles. The van der Waals surface area contributed by atoms with E-state index >= 15 is 0 Å². The van der Waals surface area contributed by atoms with E-state index in [4.69, 9.17) is 5.11 Å². The van der Waals surface area contributed by atoms with Crippen LogP contribution < -0.4 is 4.72 Å². The normalized spacial score (nSPS) is 11.3. The van der Waals surface area contributed by atoms with Crippen molar-refractivity contribution in [1.82, 2.24) is 4.37 Å². The second-order valence-electron chi connectivity index (χ2n) is 7.00. The van der Waals surface area contributed by atoms with Crippen LogP contribution in [-0.4, -0.2) is 23.9 Å². The third kappa shape index (κ3) is 6.14. The fourth-order valence-corrected chi connectivity index (χ4v) is 4.98. The van der Waals surface area contributed by atoms with Gasteiger partial charge in [-0.2, -0.15) is 4.37 Å². The van der Waals surface area contributed by atoms with Crippen LogP contribution in [0.2, 0.25) is 0 Å². The third-order valence-corrected chi connectivity index (χ3v) is 6.67. The first-order chi connectivity index (χ1) is 14.5. The van der Waals surface area contributed by atoms with E-state index < -0.39 is 16.0 Å². The first-order valence-electron chi connectivity index (χ1n) is 9.79. The third-order valence-electron chi connectivity index (χ3n) is 4.68. The Bertz CT molecular complexity index is 1080. The van der Waals surface area contributed by atoms with Crippen molar-refractivity contribution in [3.8, 4) is 11.3 Å². The lowest BCUT2D eigenvalue weighted by Crippen LogP contribution is -2.13. The summed E-state index contributed by atoms with van der Waals surface area (Å²) in [7, 11) is -3.73. The van der Waals surface area contributed by atoms with E-state index in [0.717, 1.165) is 36.8 Å². The molecule has 0 spiro atoms. The van der Waals surface area contributed by atoms with Crippen LogP contribution in [0, 0.1) is 0 Å². The molecule has 8 heteroatoms. The molecule has 2 aromatic carbocycles. The van der Waals surface area contributed by atoms with Crippen LogP contribution >= 0.6 is 11.5 Å². The average Bonchev–Trinajstić information content (AvgIpc) is 3.18. The maximum atomic E-state index is 12.9. The van der Waals surface area contributed by atoms with Crippen molar-refractivity contribution in [1.29, 1.82) is 0 Å². The molecule has 0 saturated heterocycles. The van der Waals surface area contributed by atoms with Crippen LogP contribution in [0.4, 0.5) is 5.69 Å². The second-order valence-corrected chi connectivity index (χ2v) is 9.32. The number of sulfonamides is 1. The van der Waals surface area contributed by atoms with Crippen molar-refractivity contribution in [3.05, 3.63) is 65.5 Å². The van der Waals surface area contributed by atoms with Crippen molar-refractivity contribution >= 4 is 33.2 Å². The van der Waals surface area contributed by atoms with Crippen LogP contribution in [0.3, 0.4) is 0 Å². The molecule has 158 valence electrons. The summed E-state index contributed by atoms with van der Waals surface area (Å²) in [6.07, 6.45) is 4.30. The second kappa shape index (κ2) is 10.4. The zero-order valence-corrected chi connectivity index (χ0v) is 18.1. The number of nitrogens with zero attached hydrogens (tertiary/aromatic N) is 1. The molecule has 0 aliphatic heterocycles. The molecular weight excluding hydrogens is 420 g/mol. The van der Waals surface area contributed by atoms with Gasteiger partial charge in [-0.3, -0.25) is 9.52 Å². The molecule has 0 fully saturated rings. The summed E-state index contributed by atoms with van der Waals surface area (Å²) in [5.74, 6) is -0.767. The number of aryl methyl sites for hydroxylation is 1. The number of rotatable bonds is 11. The minimum atomic E-state index is -3.73. The maximum absolute atomic E-state index is 12.9. The summed E-state index contributed by atoms with van der Waals surface area (Å²) in [4.78, 5) is 10.8. The van der Waals surface area contributed by atoms with Crippen molar-refractivity contribution in [2.45, 2.75) is 43.4 Å². The molecule has 2 N–H and O–H groups in total. The fourth-order valence-electron chi connectivity index (χ4n) is 3.14. The number of benzene rings is 2. The Morgan fingerprint density at radius 1 is 1.00 bits per heavy atom. The highest BCUT2D eigenvalue weighted by atomic mass is 32.2. The topological polar surface area (TPSA) is 96.4 Å². The molecule has 3 aromatic rings. The minimum Gasteiger partial charge on any atom is -0.481 e. The summed E-state index contributed by atoms with van der Waals surface area (Å²) in [6.45, 7) is 0. The number of hydrogen-bond donors (Lipinski definition) is 2. The van der Waals surface area contributed by atoms with Gasteiger partial charge in [0.1, 0.15) is 5.69 Å². The van der Waals surface area contributed by atoms with Gasteiger partial charge in [0.15, 0.2) is 0 Å². The Hall–Kier alpha value is -2.71. The highest BCUT2D eigenvalue weighted by Gasteiger charge is 2.18. The highest BCUT2D eigenvalue weighted by Crippen LogP contribution is 2.30. The molecule has 1 aromatic heterocycles. The first-order valence-corrected chi connectivity index (χ1v) is 12.1. The Balaban J connectivity index is 1.64. The molecular formula is C22H24N2O4S2. The maximum Gasteiger partial charge on any atom is 0.303 e. The van der Waals surface area contributed by atoms with Gasteiger partial charge in [-0.25, -0.2) is 8.42 Å². The van der Waals surface area contributed by atoms with Gasteiger partial charge < -0.3 is 5.11 Å². The lowest BCUT2D eigenvalue weighted by atomic mass is 10.1. The molecule has 0 radical (unpaired) electrons. The molecule has 0 atom stereocenters. The number of aromatic nitrogens is 1. The van der Waals surface area contributed by atoms with Gasteiger partial charge in [0.2, 0.25) is 0 Å². The van der Waals surface area contributed by atoms with Crippen molar-refractivity contribution in [2.24, 2.45) is 0 Å². The lowest BCUT2D eigenvalue weighted by Gasteiger charge is -2.10. The summed E-state index contributed by atoms with van der Waals surface area (Å²) < 4.78 is 32.9. The van der Waals surface area contributed by atoms with Crippen LogP contribution in [0.5, 0.6) is 0 Å². The van der Waals surface area contributed by atoms with Gasteiger partial charge in [-0.15, -0.1) is 0 Å². The zero-order valence-electron chi connectivity index (χ0n) is 16.5. The van der Waals surface area contributed by atoms with Crippen LogP contribution in [0.1, 0.15) is 37.7 Å². The number of carbonyl (C=O) groups is 1. The van der Waals surface area contributed by atoms with Crippen LogP contribution in [0.15, 0.2) is 64.9 Å². The molecule has 0 unspecified atom stereocenters. The van der Waals surface area contributed by atoms with Gasteiger partial charge in [0, 0.05) is 17.4 Å². The van der Waals surface area contributed by atoms with Gasteiger partial charge >= 0.3 is 5.97 Å². The van der Waals surface area contributed by atoms with E-state index in [1.165, 1.54) is 11.5 Å². The molecule has 30 heavy (non-hydrogen) atoms. The molecule has 0 aliphatic rings. The summed E-state index contributed by atoms with van der Waals surface area (Å²) in [5.41, 5.74) is 2.88. The van der Waals surface area contributed by atoms with Crippen molar-refractivity contribution < 1.29 is 18.3 Å². The Labute approximate surface area is 180 Å². The van der Waals surface area contributed by atoms with Gasteiger partial charge in [-0.05, 0) is 48.5 Å². The number of nitrogens with one attached hydrogen (secondary N) is 1. The Morgan fingerprint density at radius 3 is 2.53 bits per heavy atom. The number of aliphatic carboxylic acids is 1. The molecule has 0 bridgehead atoms. The first kappa shape index (κ1) is 22.0. The number of unbranched alkanes of at least 4 members (excludes halogenated alkanes) is 3. The number of anilines is 1. The SMILES string of the molecule is O=C(O)CCCCCCc1cccc(S(=O)(=O)Nc2csnc2-c2ccccc2)c1. The van der Waals surface area contributed by atoms with Crippen molar-refractivity contribution in [3.63, 3.8) is 0 Å². The molecule has 0 aliphatic carbocycles. The van der Waals surface area contributed by atoms with E-state index in [1.54, 1.807) is 23.6 Å².